The third-order valence-corrected chi connectivity index (χ3v) is 7.70. The van der Waals surface area contributed by atoms with E-state index in [-0.39, 0.29) is 22.8 Å². The number of urea groups is 1. The molecule has 1 atom stereocenters. The summed E-state index contributed by atoms with van der Waals surface area (Å²) < 4.78 is 23.2. The number of nitrogens with one attached hydrogen (secondary N) is 2. The molecule has 0 spiro atoms. The number of Topliss-reactive ketones (excluding diaryl/α,β-unsaturated/α-hetero) is 1. The number of nitrogens with zero attached hydrogens (tertiary/aromatic N) is 1. The van der Waals surface area contributed by atoms with Crippen LogP contribution in [0.25, 0.3) is 0 Å². The number of anilines is 1. The number of benzene rings is 3. The van der Waals surface area contributed by atoms with E-state index >= 15 is 0 Å². The molecule has 3 aromatic carbocycles. The lowest BCUT2D eigenvalue weighted by atomic mass is 9.85. The Balaban J connectivity index is 1.39. The van der Waals surface area contributed by atoms with Crippen molar-refractivity contribution in [1.82, 2.24) is 10.2 Å². The fourth-order valence-corrected chi connectivity index (χ4v) is 5.23. The molecule has 0 radical (unpaired) electrons. The van der Waals surface area contributed by atoms with E-state index in [0.717, 1.165) is 11.2 Å². The highest BCUT2D eigenvalue weighted by Crippen LogP contribution is 2.33. The zero-order valence-corrected chi connectivity index (χ0v) is 22.5. The molecule has 1 unspecified atom stereocenters. The van der Waals surface area contributed by atoms with E-state index in [0.29, 0.717) is 29.7 Å². The third kappa shape index (κ3) is 6.06. The average Bonchev–Trinajstić information content (AvgIpc) is 3.14. The number of sulfone groups is 1. The van der Waals surface area contributed by atoms with Crippen molar-refractivity contribution in [2.75, 3.05) is 18.1 Å². The Morgan fingerprint density at radius 1 is 0.923 bits per heavy atom. The van der Waals surface area contributed by atoms with Gasteiger partial charge in [-0.15, -0.1) is 0 Å². The van der Waals surface area contributed by atoms with Gasteiger partial charge in [0.2, 0.25) is 5.91 Å². The summed E-state index contributed by atoms with van der Waals surface area (Å²) in [6, 6.07) is 20.6. The number of ketones is 1. The van der Waals surface area contributed by atoms with Gasteiger partial charge in [0.25, 0.3) is 5.91 Å². The molecule has 4 rings (SSSR count). The topological polar surface area (TPSA) is 130 Å². The third-order valence-electron chi connectivity index (χ3n) is 6.58. The monoisotopic (exact) mass is 547 g/mol. The number of hydrogen-bond acceptors (Lipinski definition) is 6. The Kier molecular flexibility index (Phi) is 7.96. The Morgan fingerprint density at radius 2 is 1.56 bits per heavy atom. The molecule has 39 heavy (non-hydrogen) atoms. The summed E-state index contributed by atoms with van der Waals surface area (Å²) in [6.45, 7) is 1.52. The van der Waals surface area contributed by atoms with Crippen LogP contribution in [0.4, 0.5) is 10.5 Å². The maximum Gasteiger partial charge on any atom is 0.325 e. The Morgan fingerprint density at radius 3 is 2.15 bits per heavy atom. The molecule has 0 aliphatic carbocycles. The first-order chi connectivity index (χ1) is 18.5. The molecule has 1 aliphatic rings. The fourth-order valence-electron chi connectivity index (χ4n) is 4.60. The molecule has 1 fully saturated rings. The van der Waals surface area contributed by atoms with Crippen molar-refractivity contribution in [3.63, 3.8) is 0 Å². The molecule has 0 saturated carbocycles. The summed E-state index contributed by atoms with van der Waals surface area (Å²) in [5.41, 5.74) is 0.872. The molecular weight excluding hydrogens is 518 g/mol. The molecule has 3 aromatic rings. The van der Waals surface area contributed by atoms with Crippen LogP contribution in [0.3, 0.4) is 0 Å². The molecule has 2 N–H and O–H groups in total. The first kappa shape index (κ1) is 27.7. The van der Waals surface area contributed by atoms with Crippen LogP contribution < -0.4 is 10.6 Å². The van der Waals surface area contributed by atoms with Crippen LogP contribution in [-0.2, 0) is 31.4 Å². The fraction of sp³-hybridized carbons (Fsp3) is 0.241. The number of carbonyl (C=O) groups excluding carboxylic acids is 4. The van der Waals surface area contributed by atoms with Crippen molar-refractivity contribution in [3.05, 3.63) is 95.6 Å². The van der Waals surface area contributed by atoms with E-state index in [9.17, 15) is 27.6 Å². The lowest BCUT2D eigenvalue weighted by molar-refractivity contribution is -0.131. The molecule has 1 saturated heterocycles. The van der Waals surface area contributed by atoms with Crippen LogP contribution in [0, 0.1) is 0 Å². The van der Waals surface area contributed by atoms with Crippen molar-refractivity contribution in [2.45, 2.75) is 36.6 Å². The second-order valence-electron chi connectivity index (χ2n) is 9.48. The van der Waals surface area contributed by atoms with Gasteiger partial charge in [0.05, 0.1) is 17.9 Å². The van der Waals surface area contributed by atoms with Crippen molar-refractivity contribution in [3.8, 4) is 0 Å². The Labute approximate surface area is 227 Å². The van der Waals surface area contributed by atoms with Crippen LogP contribution in [0.5, 0.6) is 0 Å². The number of imide groups is 1. The van der Waals surface area contributed by atoms with Gasteiger partial charge in [-0.05, 0) is 53.9 Å². The van der Waals surface area contributed by atoms with Gasteiger partial charge in [0.1, 0.15) is 5.54 Å². The minimum absolute atomic E-state index is 0.0395. The molecule has 0 bridgehead atoms. The zero-order chi connectivity index (χ0) is 28.2. The van der Waals surface area contributed by atoms with Gasteiger partial charge in [-0.25, -0.2) is 13.2 Å². The van der Waals surface area contributed by atoms with Crippen molar-refractivity contribution in [2.24, 2.45) is 0 Å². The van der Waals surface area contributed by atoms with Crippen LogP contribution >= 0.6 is 0 Å². The SMILES string of the molecule is CCCC1(c2ccccc2)NC(=O)N(CC(=O)c2ccc(NC(=O)Cc3ccc(S(C)(=O)=O)cc3)cc2)C1=O. The van der Waals surface area contributed by atoms with Crippen LogP contribution in [0.15, 0.2) is 83.8 Å². The lowest BCUT2D eigenvalue weighted by Gasteiger charge is -2.26. The molecule has 1 heterocycles. The van der Waals surface area contributed by atoms with Crippen molar-refractivity contribution in [1.29, 1.82) is 0 Å². The summed E-state index contributed by atoms with van der Waals surface area (Å²) in [7, 11) is -3.32. The summed E-state index contributed by atoms with van der Waals surface area (Å²) >= 11 is 0. The van der Waals surface area contributed by atoms with E-state index in [2.05, 4.69) is 10.6 Å². The van der Waals surface area contributed by atoms with E-state index in [1.807, 2.05) is 13.0 Å². The number of carbonyl (C=O) groups is 4. The Bertz CT molecular complexity index is 1500. The van der Waals surface area contributed by atoms with E-state index in [4.69, 9.17) is 0 Å². The largest absolute Gasteiger partial charge is 0.326 e. The summed E-state index contributed by atoms with van der Waals surface area (Å²) in [6.07, 6.45) is 2.22. The summed E-state index contributed by atoms with van der Waals surface area (Å²) in [4.78, 5) is 52.7. The predicted octanol–water partition coefficient (Wildman–Crippen LogP) is 3.70. The van der Waals surface area contributed by atoms with E-state index in [1.165, 1.54) is 24.3 Å². The zero-order valence-electron chi connectivity index (χ0n) is 21.6. The minimum Gasteiger partial charge on any atom is -0.326 e. The second-order valence-corrected chi connectivity index (χ2v) is 11.5. The highest BCUT2D eigenvalue weighted by molar-refractivity contribution is 7.90. The lowest BCUT2D eigenvalue weighted by Crippen LogP contribution is -2.44. The molecular formula is C29H29N3O6S. The second kappa shape index (κ2) is 11.2. The molecule has 10 heteroatoms. The molecule has 9 nitrogen and oxygen atoms in total. The maximum absolute atomic E-state index is 13.4. The van der Waals surface area contributed by atoms with Gasteiger partial charge in [0.15, 0.2) is 15.6 Å². The van der Waals surface area contributed by atoms with E-state index in [1.54, 1.807) is 48.5 Å². The van der Waals surface area contributed by atoms with Gasteiger partial charge in [-0.3, -0.25) is 19.3 Å². The van der Waals surface area contributed by atoms with Crippen molar-refractivity contribution >= 4 is 39.2 Å². The van der Waals surface area contributed by atoms with Gasteiger partial charge in [0, 0.05) is 17.5 Å². The van der Waals surface area contributed by atoms with Crippen molar-refractivity contribution < 1.29 is 27.6 Å². The minimum atomic E-state index is -3.32. The standard InChI is InChI=1S/C29H29N3O6S/c1-3-17-29(22-7-5-4-6-8-22)27(35)32(28(36)31-29)19-25(33)21-11-13-23(14-12-21)30-26(34)18-20-9-15-24(16-10-20)39(2,37)38/h4-16H,3,17-19H2,1-2H3,(H,30,34)(H,31,36). The Hall–Kier alpha value is -4.31. The average molecular weight is 548 g/mol. The maximum atomic E-state index is 13.4. The van der Waals surface area contributed by atoms with E-state index < -0.39 is 39.6 Å². The van der Waals surface area contributed by atoms with Crippen LogP contribution in [0.1, 0.15) is 41.3 Å². The highest BCUT2D eigenvalue weighted by atomic mass is 32.2. The first-order valence-corrected chi connectivity index (χ1v) is 14.3. The molecule has 1 aliphatic heterocycles. The molecule has 0 aromatic heterocycles. The normalized spacial score (nSPS) is 17.1. The quantitative estimate of drug-likeness (QED) is 0.294. The predicted molar refractivity (Wildman–Crippen MR) is 146 cm³/mol. The van der Waals surface area contributed by atoms with Gasteiger partial charge in [-0.2, -0.15) is 0 Å². The summed E-state index contributed by atoms with van der Waals surface area (Å²) in [5, 5.41) is 5.54. The molecule has 4 amide bonds. The first-order valence-electron chi connectivity index (χ1n) is 12.5. The number of amides is 4. The van der Waals surface area contributed by atoms with Crippen LogP contribution in [-0.4, -0.2) is 49.7 Å². The highest BCUT2D eigenvalue weighted by Gasteiger charge is 2.52. The number of rotatable bonds is 10. The smallest absolute Gasteiger partial charge is 0.325 e. The van der Waals surface area contributed by atoms with Crippen LogP contribution in [0.2, 0.25) is 0 Å². The number of hydrogen-bond donors (Lipinski definition) is 2. The van der Waals surface area contributed by atoms with Gasteiger partial charge in [-0.1, -0.05) is 55.8 Å². The van der Waals surface area contributed by atoms with Gasteiger partial charge < -0.3 is 10.6 Å². The van der Waals surface area contributed by atoms with Gasteiger partial charge >= 0.3 is 6.03 Å². The summed E-state index contributed by atoms with van der Waals surface area (Å²) in [5.74, 6) is -1.18. The molecule has 202 valence electrons.